The molecule has 0 spiro atoms. The first-order chi connectivity index (χ1) is 8.63. The lowest BCUT2D eigenvalue weighted by molar-refractivity contribution is -0.120. The van der Waals surface area contributed by atoms with E-state index in [1.165, 1.54) is 6.07 Å². The number of anilines is 1. The first-order valence-corrected chi connectivity index (χ1v) is 6.07. The third-order valence-corrected chi connectivity index (χ3v) is 3.44. The number of hydrogen-bond donors (Lipinski definition) is 0. The highest BCUT2D eigenvalue weighted by atomic mass is 19.1. The minimum Gasteiger partial charge on any atom is -0.370 e. The standard InChI is InChI=1S/C14H15FN2O/c1-10(18)11-4-3-7-17(9-11)14-6-2-5-13(15)12(14)8-16/h2,5-6,11H,3-4,7,9H2,1H3. The number of Topliss-reactive ketones (excluding diaryl/α,β-unsaturated/α-hetero) is 1. The first kappa shape index (κ1) is 12.6. The molecule has 2 rings (SSSR count). The van der Waals surface area contributed by atoms with Gasteiger partial charge in [-0.25, -0.2) is 4.39 Å². The molecule has 1 saturated heterocycles. The molecule has 1 unspecified atom stereocenters. The van der Waals surface area contributed by atoms with Crippen molar-refractivity contribution in [1.82, 2.24) is 0 Å². The number of carbonyl (C=O) groups excluding carboxylic acids is 1. The van der Waals surface area contributed by atoms with E-state index in [1.54, 1.807) is 19.1 Å². The Kier molecular flexibility index (Phi) is 3.61. The zero-order valence-corrected chi connectivity index (χ0v) is 10.3. The number of nitrogens with zero attached hydrogens (tertiary/aromatic N) is 2. The topological polar surface area (TPSA) is 44.1 Å². The van der Waals surface area contributed by atoms with E-state index in [0.717, 1.165) is 19.4 Å². The number of carbonyl (C=O) groups is 1. The van der Waals surface area contributed by atoms with Crippen LogP contribution in [-0.4, -0.2) is 18.9 Å². The van der Waals surface area contributed by atoms with Crippen LogP contribution in [0.25, 0.3) is 0 Å². The van der Waals surface area contributed by atoms with Gasteiger partial charge in [-0.15, -0.1) is 0 Å². The third kappa shape index (κ3) is 2.35. The van der Waals surface area contributed by atoms with E-state index >= 15 is 0 Å². The van der Waals surface area contributed by atoms with Crippen LogP contribution >= 0.6 is 0 Å². The molecule has 0 N–H and O–H groups in total. The Morgan fingerprint density at radius 2 is 2.33 bits per heavy atom. The van der Waals surface area contributed by atoms with Crippen LogP contribution in [0.4, 0.5) is 10.1 Å². The maximum absolute atomic E-state index is 13.5. The molecular weight excluding hydrogens is 231 g/mol. The average molecular weight is 246 g/mol. The van der Waals surface area contributed by atoms with Gasteiger partial charge in [0.25, 0.3) is 0 Å². The van der Waals surface area contributed by atoms with Crippen LogP contribution in [0.2, 0.25) is 0 Å². The van der Waals surface area contributed by atoms with Crippen LogP contribution in [-0.2, 0) is 4.79 Å². The lowest BCUT2D eigenvalue weighted by Gasteiger charge is -2.33. The van der Waals surface area contributed by atoms with E-state index in [1.807, 2.05) is 11.0 Å². The van der Waals surface area contributed by atoms with Crippen molar-refractivity contribution in [2.45, 2.75) is 19.8 Å². The van der Waals surface area contributed by atoms with Gasteiger partial charge in [0, 0.05) is 19.0 Å². The molecule has 0 saturated carbocycles. The number of rotatable bonds is 2. The van der Waals surface area contributed by atoms with Gasteiger partial charge in [0.1, 0.15) is 23.2 Å². The molecule has 4 heteroatoms. The van der Waals surface area contributed by atoms with Crippen molar-refractivity contribution in [1.29, 1.82) is 5.26 Å². The quantitative estimate of drug-likeness (QED) is 0.805. The molecular formula is C14H15FN2O. The number of ketones is 1. The number of hydrogen-bond acceptors (Lipinski definition) is 3. The molecule has 1 heterocycles. The SMILES string of the molecule is CC(=O)C1CCCN(c2cccc(F)c2C#N)C1. The van der Waals surface area contributed by atoms with E-state index in [-0.39, 0.29) is 17.3 Å². The molecule has 1 aliphatic rings. The van der Waals surface area contributed by atoms with Crippen molar-refractivity contribution in [3.8, 4) is 6.07 Å². The van der Waals surface area contributed by atoms with Crippen molar-refractivity contribution in [3.05, 3.63) is 29.6 Å². The predicted molar refractivity (Wildman–Crippen MR) is 66.7 cm³/mol. The Bertz CT molecular complexity index is 507. The summed E-state index contributed by atoms with van der Waals surface area (Å²) in [5.74, 6) is -0.344. The summed E-state index contributed by atoms with van der Waals surface area (Å²) >= 11 is 0. The van der Waals surface area contributed by atoms with Gasteiger partial charge in [-0.2, -0.15) is 5.26 Å². The summed E-state index contributed by atoms with van der Waals surface area (Å²) in [4.78, 5) is 13.4. The summed E-state index contributed by atoms with van der Waals surface area (Å²) in [6.07, 6.45) is 1.77. The highest BCUT2D eigenvalue weighted by Gasteiger charge is 2.25. The molecule has 3 nitrogen and oxygen atoms in total. The second kappa shape index (κ2) is 5.18. The van der Waals surface area contributed by atoms with Gasteiger partial charge in [0.05, 0.1) is 5.69 Å². The highest BCUT2D eigenvalue weighted by Crippen LogP contribution is 2.27. The van der Waals surface area contributed by atoms with Crippen molar-refractivity contribution in [3.63, 3.8) is 0 Å². The first-order valence-electron chi connectivity index (χ1n) is 6.07. The zero-order chi connectivity index (χ0) is 13.1. The molecule has 0 bridgehead atoms. The van der Waals surface area contributed by atoms with E-state index < -0.39 is 5.82 Å². The van der Waals surface area contributed by atoms with E-state index in [0.29, 0.717) is 12.2 Å². The average Bonchev–Trinajstić information content (AvgIpc) is 2.38. The number of halogens is 1. The van der Waals surface area contributed by atoms with Crippen molar-refractivity contribution in [2.75, 3.05) is 18.0 Å². The maximum Gasteiger partial charge on any atom is 0.143 e. The fourth-order valence-electron chi connectivity index (χ4n) is 2.41. The minimum atomic E-state index is -0.500. The Balaban J connectivity index is 2.29. The summed E-state index contributed by atoms with van der Waals surface area (Å²) in [5, 5.41) is 9.02. The van der Waals surface area contributed by atoms with Crippen LogP contribution in [0, 0.1) is 23.1 Å². The molecule has 1 aromatic rings. The molecule has 0 aliphatic carbocycles. The Hall–Kier alpha value is -1.89. The number of piperidine rings is 1. The maximum atomic E-state index is 13.5. The second-order valence-electron chi connectivity index (χ2n) is 4.64. The molecule has 1 fully saturated rings. The molecule has 18 heavy (non-hydrogen) atoms. The van der Waals surface area contributed by atoms with Gasteiger partial charge < -0.3 is 4.90 Å². The monoisotopic (exact) mass is 246 g/mol. The molecule has 1 atom stereocenters. The lowest BCUT2D eigenvalue weighted by Crippen LogP contribution is -2.38. The molecule has 94 valence electrons. The number of benzene rings is 1. The Labute approximate surface area is 106 Å². The van der Waals surface area contributed by atoms with E-state index in [2.05, 4.69) is 0 Å². The largest absolute Gasteiger partial charge is 0.370 e. The van der Waals surface area contributed by atoms with Gasteiger partial charge in [0.15, 0.2) is 0 Å². The summed E-state index contributed by atoms with van der Waals surface area (Å²) in [5.41, 5.74) is 0.671. The summed E-state index contributed by atoms with van der Waals surface area (Å²) in [6, 6.07) is 6.53. The van der Waals surface area contributed by atoms with Crippen LogP contribution in [0.1, 0.15) is 25.3 Å². The van der Waals surface area contributed by atoms with Gasteiger partial charge in [-0.05, 0) is 31.9 Å². The van der Waals surface area contributed by atoms with Crippen LogP contribution < -0.4 is 4.90 Å². The fourth-order valence-corrected chi connectivity index (χ4v) is 2.41. The van der Waals surface area contributed by atoms with Crippen LogP contribution in [0.5, 0.6) is 0 Å². The second-order valence-corrected chi connectivity index (χ2v) is 4.64. The number of nitriles is 1. The van der Waals surface area contributed by atoms with Crippen LogP contribution in [0.3, 0.4) is 0 Å². The van der Waals surface area contributed by atoms with E-state index in [4.69, 9.17) is 5.26 Å². The van der Waals surface area contributed by atoms with Gasteiger partial charge in [0.2, 0.25) is 0 Å². The molecule has 1 aromatic carbocycles. The van der Waals surface area contributed by atoms with Crippen molar-refractivity contribution in [2.24, 2.45) is 5.92 Å². The molecule has 0 aromatic heterocycles. The summed E-state index contributed by atoms with van der Waals surface area (Å²) in [6.45, 7) is 2.93. The van der Waals surface area contributed by atoms with E-state index in [9.17, 15) is 9.18 Å². The molecule has 0 radical (unpaired) electrons. The lowest BCUT2D eigenvalue weighted by atomic mass is 9.94. The molecule has 0 amide bonds. The highest BCUT2D eigenvalue weighted by molar-refractivity contribution is 5.79. The van der Waals surface area contributed by atoms with Gasteiger partial charge in [-0.1, -0.05) is 6.07 Å². The van der Waals surface area contributed by atoms with Gasteiger partial charge in [-0.3, -0.25) is 4.79 Å². The summed E-state index contributed by atoms with van der Waals surface area (Å²) in [7, 11) is 0. The Morgan fingerprint density at radius 1 is 1.56 bits per heavy atom. The zero-order valence-electron chi connectivity index (χ0n) is 10.3. The smallest absolute Gasteiger partial charge is 0.143 e. The predicted octanol–water partition coefficient (Wildman–Crippen LogP) is 2.50. The van der Waals surface area contributed by atoms with Crippen LogP contribution in [0.15, 0.2) is 18.2 Å². The normalized spacial score (nSPS) is 19.4. The van der Waals surface area contributed by atoms with Gasteiger partial charge >= 0.3 is 0 Å². The third-order valence-electron chi connectivity index (χ3n) is 3.44. The van der Waals surface area contributed by atoms with Crippen molar-refractivity contribution < 1.29 is 9.18 Å². The van der Waals surface area contributed by atoms with Crippen molar-refractivity contribution >= 4 is 11.5 Å². The molecule has 1 aliphatic heterocycles. The fraction of sp³-hybridized carbons (Fsp3) is 0.429. The summed E-state index contributed by atoms with van der Waals surface area (Å²) < 4.78 is 13.5. The minimum absolute atomic E-state index is 0.00596. The Morgan fingerprint density at radius 3 is 3.00 bits per heavy atom.